The van der Waals surface area contributed by atoms with Crippen molar-refractivity contribution in [3.05, 3.63) is 41.1 Å². The highest BCUT2D eigenvalue weighted by molar-refractivity contribution is 5.70. The van der Waals surface area contributed by atoms with Gasteiger partial charge in [0.2, 0.25) is 0 Å². The van der Waals surface area contributed by atoms with Gasteiger partial charge in [0.15, 0.2) is 0 Å². The van der Waals surface area contributed by atoms with Gasteiger partial charge < -0.3 is 24.0 Å². The second-order valence-corrected chi connectivity index (χ2v) is 7.84. The number of rotatable bonds is 13. The minimum absolute atomic E-state index is 0.266. The number of nitrogens with zero attached hydrogens (tertiary/aromatic N) is 2. The summed E-state index contributed by atoms with van der Waals surface area (Å²) in [5.41, 5.74) is 7.86. The summed E-state index contributed by atoms with van der Waals surface area (Å²) in [6.45, 7) is 12.3. The van der Waals surface area contributed by atoms with Crippen LogP contribution in [0.3, 0.4) is 0 Å². The highest BCUT2D eigenvalue weighted by Crippen LogP contribution is 2.37. The molecule has 0 aliphatic carbocycles. The van der Waals surface area contributed by atoms with Crippen LogP contribution in [0, 0.1) is 0 Å². The molecule has 0 radical (unpaired) electrons. The predicted molar refractivity (Wildman–Crippen MR) is 123 cm³/mol. The van der Waals surface area contributed by atoms with E-state index in [4.69, 9.17) is 14.6 Å². The topological polar surface area (TPSA) is 46.9 Å². The fourth-order valence-corrected chi connectivity index (χ4v) is 4.49. The van der Waals surface area contributed by atoms with Gasteiger partial charge in [-0.1, -0.05) is 12.1 Å². The zero-order valence-electron chi connectivity index (χ0n) is 19.0. The first-order valence-corrected chi connectivity index (χ1v) is 11.6. The lowest BCUT2D eigenvalue weighted by Gasteiger charge is -2.23. The van der Waals surface area contributed by atoms with Gasteiger partial charge in [0.05, 0.1) is 18.9 Å². The summed E-state index contributed by atoms with van der Waals surface area (Å²) in [6.07, 6.45) is 4.18. The summed E-state index contributed by atoms with van der Waals surface area (Å²) in [5.74, 6) is 0. The van der Waals surface area contributed by atoms with Gasteiger partial charge in [0.25, 0.3) is 0 Å². The summed E-state index contributed by atoms with van der Waals surface area (Å²) < 4.78 is 14.2. The molecular formula is C25H38N2O3. The van der Waals surface area contributed by atoms with E-state index in [1.54, 1.807) is 0 Å². The van der Waals surface area contributed by atoms with Crippen LogP contribution in [0.2, 0.25) is 0 Å². The second kappa shape index (κ2) is 11.5. The largest absolute Gasteiger partial charge is 0.396 e. The van der Waals surface area contributed by atoms with E-state index in [1.807, 2.05) is 0 Å². The predicted octanol–water partition coefficient (Wildman–Crippen LogP) is 4.77. The van der Waals surface area contributed by atoms with Crippen molar-refractivity contribution < 1.29 is 14.6 Å². The molecular weight excluding hydrogens is 376 g/mol. The average Bonchev–Trinajstić information content (AvgIpc) is 3.35. The van der Waals surface area contributed by atoms with Crippen LogP contribution in [0.1, 0.15) is 56.9 Å². The number of fused-ring (bicyclic) bond motifs is 1. The maximum atomic E-state index is 9.07. The Morgan fingerprint density at radius 2 is 1.67 bits per heavy atom. The van der Waals surface area contributed by atoms with Crippen molar-refractivity contribution in [2.24, 2.45) is 0 Å². The number of unbranched alkanes of at least 4 members (excludes halogenated alkanes) is 1. The van der Waals surface area contributed by atoms with Crippen molar-refractivity contribution in [2.45, 2.75) is 66.2 Å². The molecule has 1 aliphatic rings. The Morgan fingerprint density at radius 1 is 0.967 bits per heavy atom. The maximum absolute atomic E-state index is 9.07. The first kappa shape index (κ1) is 22.9. The third kappa shape index (κ3) is 5.08. The van der Waals surface area contributed by atoms with E-state index < -0.39 is 0 Å². The summed E-state index contributed by atoms with van der Waals surface area (Å²) in [4.78, 5) is 2.38. The van der Waals surface area contributed by atoms with E-state index in [1.165, 1.54) is 40.2 Å². The van der Waals surface area contributed by atoms with E-state index in [9.17, 15) is 0 Å². The second-order valence-electron chi connectivity index (χ2n) is 7.84. The van der Waals surface area contributed by atoms with Crippen LogP contribution in [0.5, 0.6) is 0 Å². The molecule has 3 rings (SSSR count). The molecule has 2 aromatic rings. The number of benzene rings is 1. The first-order valence-electron chi connectivity index (χ1n) is 11.6. The molecule has 2 heterocycles. The molecule has 1 aliphatic heterocycles. The van der Waals surface area contributed by atoms with Crippen LogP contribution in [0.25, 0.3) is 11.3 Å². The van der Waals surface area contributed by atoms with Crippen molar-refractivity contribution in [3.8, 4) is 11.3 Å². The number of hydrogen-bond donors (Lipinski definition) is 1. The van der Waals surface area contributed by atoms with Crippen LogP contribution in [0.4, 0.5) is 5.69 Å². The standard InChI is InChI=1S/C25H38N2O3/c1-4-26(15-7-8-17-28)21-13-11-20(12-14-21)25-23(19-30-6-3)22(18-29-5-2)24-10-9-16-27(24)25/h11-14,28H,4-10,15-19H2,1-3H3. The van der Waals surface area contributed by atoms with E-state index >= 15 is 0 Å². The molecule has 30 heavy (non-hydrogen) atoms. The van der Waals surface area contributed by atoms with Crippen molar-refractivity contribution >= 4 is 5.69 Å². The molecule has 0 amide bonds. The van der Waals surface area contributed by atoms with Gasteiger partial charge in [-0.2, -0.15) is 0 Å². The first-order chi connectivity index (χ1) is 14.7. The fraction of sp³-hybridized carbons (Fsp3) is 0.600. The van der Waals surface area contributed by atoms with Gasteiger partial charge >= 0.3 is 0 Å². The normalized spacial score (nSPS) is 13.1. The SMILES string of the molecule is CCOCc1c(COCC)c(-c2ccc(N(CC)CCCCO)cc2)n2c1CCC2. The highest BCUT2D eigenvalue weighted by atomic mass is 16.5. The van der Waals surface area contributed by atoms with Crippen molar-refractivity contribution in [1.29, 1.82) is 0 Å². The number of aromatic nitrogens is 1. The average molecular weight is 415 g/mol. The van der Waals surface area contributed by atoms with Gasteiger partial charge in [-0.15, -0.1) is 0 Å². The van der Waals surface area contributed by atoms with Gasteiger partial charge in [0.1, 0.15) is 0 Å². The lowest BCUT2D eigenvalue weighted by Crippen LogP contribution is -2.23. The number of aliphatic hydroxyl groups is 1. The molecule has 0 bridgehead atoms. The van der Waals surface area contributed by atoms with Crippen LogP contribution in [0.15, 0.2) is 24.3 Å². The Hall–Kier alpha value is -1.82. The molecule has 0 atom stereocenters. The number of aliphatic hydroxyl groups excluding tert-OH is 1. The Kier molecular flexibility index (Phi) is 8.79. The number of ether oxygens (including phenoxy) is 2. The van der Waals surface area contributed by atoms with E-state index in [2.05, 4.69) is 54.5 Å². The monoisotopic (exact) mass is 414 g/mol. The van der Waals surface area contributed by atoms with Crippen molar-refractivity contribution in [1.82, 2.24) is 4.57 Å². The third-order valence-electron chi connectivity index (χ3n) is 6.01. The van der Waals surface area contributed by atoms with Crippen LogP contribution >= 0.6 is 0 Å². The minimum atomic E-state index is 0.266. The molecule has 0 saturated carbocycles. The smallest absolute Gasteiger partial charge is 0.0741 e. The lowest BCUT2D eigenvalue weighted by atomic mass is 10.0. The zero-order valence-corrected chi connectivity index (χ0v) is 19.0. The van der Waals surface area contributed by atoms with Gasteiger partial charge in [-0.3, -0.25) is 0 Å². The Balaban J connectivity index is 1.92. The zero-order chi connectivity index (χ0) is 21.3. The van der Waals surface area contributed by atoms with Crippen LogP contribution in [-0.2, 0) is 35.7 Å². The van der Waals surface area contributed by atoms with Crippen molar-refractivity contribution in [3.63, 3.8) is 0 Å². The van der Waals surface area contributed by atoms with Crippen LogP contribution in [-0.4, -0.2) is 42.6 Å². The van der Waals surface area contributed by atoms with E-state index in [0.29, 0.717) is 19.8 Å². The number of anilines is 1. The van der Waals surface area contributed by atoms with Crippen LogP contribution < -0.4 is 4.90 Å². The lowest BCUT2D eigenvalue weighted by molar-refractivity contribution is 0.120. The fourth-order valence-electron chi connectivity index (χ4n) is 4.49. The molecule has 5 heteroatoms. The Bertz CT molecular complexity index is 783. The van der Waals surface area contributed by atoms with Gasteiger partial charge in [-0.25, -0.2) is 0 Å². The third-order valence-corrected chi connectivity index (χ3v) is 6.01. The maximum Gasteiger partial charge on any atom is 0.0741 e. The molecule has 0 unspecified atom stereocenters. The number of hydrogen-bond acceptors (Lipinski definition) is 4. The molecule has 1 aromatic carbocycles. The van der Waals surface area contributed by atoms with E-state index in [0.717, 1.165) is 45.5 Å². The summed E-state index contributed by atoms with van der Waals surface area (Å²) in [6, 6.07) is 8.98. The van der Waals surface area contributed by atoms with Crippen molar-refractivity contribution in [2.75, 3.05) is 37.8 Å². The van der Waals surface area contributed by atoms with E-state index in [-0.39, 0.29) is 6.61 Å². The molecule has 1 aromatic heterocycles. The summed E-state index contributed by atoms with van der Waals surface area (Å²) in [5, 5.41) is 9.07. The molecule has 0 saturated heterocycles. The molecule has 5 nitrogen and oxygen atoms in total. The molecule has 166 valence electrons. The van der Waals surface area contributed by atoms with Gasteiger partial charge in [0, 0.05) is 62.0 Å². The molecule has 0 spiro atoms. The Morgan fingerprint density at radius 3 is 2.30 bits per heavy atom. The molecule has 1 N–H and O–H groups in total. The molecule has 0 fully saturated rings. The minimum Gasteiger partial charge on any atom is -0.396 e. The summed E-state index contributed by atoms with van der Waals surface area (Å²) >= 11 is 0. The Labute approximate surface area is 181 Å². The quantitative estimate of drug-likeness (QED) is 0.480. The van der Waals surface area contributed by atoms with Gasteiger partial charge in [-0.05, 0) is 64.2 Å². The summed E-state index contributed by atoms with van der Waals surface area (Å²) in [7, 11) is 0. The highest BCUT2D eigenvalue weighted by Gasteiger charge is 2.26.